The normalized spacial score (nSPS) is 10.3. The predicted molar refractivity (Wildman–Crippen MR) is 104 cm³/mol. The van der Waals surface area contributed by atoms with Gasteiger partial charge in [-0.25, -0.2) is 0 Å². The van der Waals surface area contributed by atoms with Gasteiger partial charge >= 0.3 is 0 Å². The Morgan fingerprint density at radius 2 is 1.59 bits per heavy atom. The van der Waals surface area contributed by atoms with Gasteiger partial charge in [-0.05, 0) is 36.4 Å². The van der Waals surface area contributed by atoms with Crippen molar-refractivity contribution < 1.29 is 14.5 Å². The Balaban J connectivity index is 1.86. The summed E-state index contributed by atoms with van der Waals surface area (Å²) in [6.45, 7) is 0. The fraction of sp³-hybridized carbons (Fsp3) is 0. The Bertz CT molecular complexity index is 1020. The van der Waals surface area contributed by atoms with E-state index < -0.39 is 10.8 Å². The van der Waals surface area contributed by atoms with Gasteiger partial charge in [0.1, 0.15) is 10.8 Å². The smallest absolute Gasteiger partial charge is 0.288 e. The highest BCUT2D eigenvalue weighted by Gasteiger charge is 2.17. The Hall–Kier alpha value is -3.09. The first kappa shape index (κ1) is 18.7. The number of hydrogen-bond donors (Lipinski definition) is 1. The van der Waals surface area contributed by atoms with Gasteiger partial charge in [-0.15, -0.1) is 0 Å². The summed E-state index contributed by atoms with van der Waals surface area (Å²) in [6.07, 6.45) is 0. The highest BCUT2D eigenvalue weighted by molar-refractivity contribution is 6.33. The van der Waals surface area contributed by atoms with E-state index in [1.807, 2.05) is 0 Å². The van der Waals surface area contributed by atoms with Crippen molar-refractivity contribution in [3.8, 4) is 11.5 Å². The van der Waals surface area contributed by atoms with E-state index in [2.05, 4.69) is 5.32 Å². The quantitative estimate of drug-likeness (QED) is 0.422. The number of anilines is 1. The van der Waals surface area contributed by atoms with Gasteiger partial charge in [-0.2, -0.15) is 0 Å². The van der Waals surface area contributed by atoms with E-state index in [1.165, 1.54) is 12.1 Å². The molecule has 0 saturated heterocycles. The van der Waals surface area contributed by atoms with Crippen LogP contribution in [0, 0.1) is 10.1 Å². The van der Waals surface area contributed by atoms with Crippen LogP contribution in [0.2, 0.25) is 10.0 Å². The number of nitro groups is 1. The van der Waals surface area contributed by atoms with E-state index in [4.69, 9.17) is 27.9 Å². The Labute approximate surface area is 164 Å². The molecule has 6 nitrogen and oxygen atoms in total. The number of hydrogen-bond acceptors (Lipinski definition) is 4. The highest BCUT2D eigenvalue weighted by Crippen LogP contribution is 2.34. The molecule has 3 rings (SSSR count). The standard InChI is InChI=1S/C19H12Cl2N2O4/c20-13-10-9-12(11-16(13)23(25)26)19(24)22-15-6-2-4-8-18(15)27-17-7-3-1-5-14(17)21/h1-11H,(H,22,24). The molecule has 27 heavy (non-hydrogen) atoms. The second-order valence-corrected chi connectivity index (χ2v) is 6.22. The lowest BCUT2D eigenvalue weighted by molar-refractivity contribution is -0.384. The summed E-state index contributed by atoms with van der Waals surface area (Å²) in [5.74, 6) is 0.274. The molecule has 0 fully saturated rings. The first-order valence-corrected chi connectivity index (χ1v) is 8.48. The third-order valence-corrected chi connectivity index (χ3v) is 4.23. The van der Waals surface area contributed by atoms with E-state index in [-0.39, 0.29) is 16.3 Å². The molecule has 3 aromatic carbocycles. The van der Waals surface area contributed by atoms with Gasteiger partial charge in [0.15, 0.2) is 5.75 Å². The molecule has 8 heteroatoms. The second kappa shape index (κ2) is 8.07. The van der Waals surface area contributed by atoms with Gasteiger partial charge in [0.25, 0.3) is 11.6 Å². The van der Waals surface area contributed by atoms with Crippen LogP contribution < -0.4 is 10.1 Å². The van der Waals surface area contributed by atoms with Crippen LogP contribution >= 0.6 is 23.2 Å². The van der Waals surface area contributed by atoms with Crippen LogP contribution in [0.1, 0.15) is 10.4 Å². The van der Waals surface area contributed by atoms with Crippen molar-refractivity contribution in [1.29, 1.82) is 0 Å². The number of carbonyl (C=O) groups is 1. The van der Waals surface area contributed by atoms with Gasteiger partial charge in [-0.1, -0.05) is 47.5 Å². The van der Waals surface area contributed by atoms with Gasteiger partial charge < -0.3 is 10.1 Å². The first-order chi connectivity index (χ1) is 13.0. The molecule has 0 atom stereocenters. The maximum absolute atomic E-state index is 12.5. The summed E-state index contributed by atoms with van der Waals surface area (Å²) in [6, 6.07) is 17.5. The van der Waals surface area contributed by atoms with Crippen LogP contribution in [0.25, 0.3) is 0 Å². The number of ether oxygens (including phenoxy) is 1. The lowest BCUT2D eigenvalue weighted by Crippen LogP contribution is -2.12. The maximum atomic E-state index is 12.5. The monoisotopic (exact) mass is 402 g/mol. The number of para-hydroxylation sites is 3. The number of benzene rings is 3. The van der Waals surface area contributed by atoms with Crippen molar-refractivity contribution in [3.63, 3.8) is 0 Å². The van der Waals surface area contributed by atoms with E-state index in [9.17, 15) is 14.9 Å². The molecular weight excluding hydrogens is 391 g/mol. The molecule has 0 aliphatic rings. The van der Waals surface area contributed by atoms with Crippen LogP contribution in [0.15, 0.2) is 66.7 Å². The topological polar surface area (TPSA) is 81.5 Å². The number of nitrogens with zero attached hydrogens (tertiary/aromatic N) is 1. The van der Waals surface area contributed by atoms with Crippen molar-refractivity contribution in [3.05, 3.63) is 92.5 Å². The molecule has 0 aliphatic heterocycles. The number of amides is 1. The van der Waals surface area contributed by atoms with E-state index in [1.54, 1.807) is 48.5 Å². The second-order valence-electron chi connectivity index (χ2n) is 5.41. The molecule has 3 aromatic rings. The summed E-state index contributed by atoms with van der Waals surface area (Å²) in [5, 5.41) is 14.1. The minimum Gasteiger partial charge on any atom is -0.454 e. The number of carbonyl (C=O) groups excluding carboxylic acids is 1. The number of nitrogens with one attached hydrogen (secondary N) is 1. The van der Waals surface area contributed by atoms with E-state index in [0.717, 1.165) is 6.07 Å². The molecule has 0 radical (unpaired) electrons. The van der Waals surface area contributed by atoms with Gasteiger partial charge in [0, 0.05) is 11.6 Å². The molecule has 1 amide bonds. The van der Waals surface area contributed by atoms with Crippen LogP contribution in [0.5, 0.6) is 11.5 Å². The molecule has 0 heterocycles. The highest BCUT2D eigenvalue weighted by atomic mass is 35.5. The Kier molecular flexibility index (Phi) is 5.59. The van der Waals surface area contributed by atoms with E-state index in [0.29, 0.717) is 22.2 Å². The lowest BCUT2D eigenvalue weighted by Gasteiger charge is -2.13. The van der Waals surface area contributed by atoms with Gasteiger partial charge in [0.05, 0.1) is 15.6 Å². The van der Waals surface area contributed by atoms with Crippen molar-refractivity contribution in [2.45, 2.75) is 0 Å². The Morgan fingerprint density at radius 3 is 2.30 bits per heavy atom. The third kappa shape index (κ3) is 4.36. The fourth-order valence-corrected chi connectivity index (χ4v) is 2.65. The van der Waals surface area contributed by atoms with E-state index >= 15 is 0 Å². The van der Waals surface area contributed by atoms with Crippen molar-refractivity contribution in [1.82, 2.24) is 0 Å². The third-order valence-electron chi connectivity index (χ3n) is 3.60. The molecule has 0 spiro atoms. The summed E-state index contributed by atoms with van der Waals surface area (Å²) < 4.78 is 5.78. The SMILES string of the molecule is O=C(Nc1ccccc1Oc1ccccc1Cl)c1ccc(Cl)c([N+](=O)[O-])c1. The fourth-order valence-electron chi connectivity index (χ4n) is 2.29. The van der Waals surface area contributed by atoms with Crippen LogP contribution in [-0.4, -0.2) is 10.8 Å². The van der Waals surface area contributed by atoms with Crippen molar-refractivity contribution in [2.75, 3.05) is 5.32 Å². The maximum Gasteiger partial charge on any atom is 0.288 e. The molecule has 1 N–H and O–H groups in total. The minimum absolute atomic E-state index is 0.0426. The van der Waals surface area contributed by atoms with Gasteiger partial charge in [0.2, 0.25) is 0 Å². The van der Waals surface area contributed by atoms with Crippen molar-refractivity contribution in [2.24, 2.45) is 0 Å². The molecule has 136 valence electrons. The molecule has 0 unspecified atom stereocenters. The predicted octanol–water partition coefficient (Wildman–Crippen LogP) is 5.95. The zero-order valence-corrected chi connectivity index (χ0v) is 15.2. The summed E-state index contributed by atoms with van der Waals surface area (Å²) in [5.41, 5.74) is 0.142. The minimum atomic E-state index is -0.645. The number of halogens is 2. The summed E-state index contributed by atoms with van der Waals surface area (Å²) in [4.78, 5) is 22.9. The van der Waals surface area contributed by atoms with Crippen LogP contribution in [-0.2, 0) is 0 Å². The zero-order chi connectivity index (χ0) is 19.4. The molecule has 0 aromatic heterocycles. The lowest BCUT2D eigenvalue weighted by atomic mass is 10.2. The molecule has 0 bridgehead atoms. The van der Waals surface area contributed by atoms with Crippen LogP contribution in [0.3, 0.4) is 0 Å². The number of nitro benzene ring substituents is 1. The largest absolute Gasteiger partial charge is 0.454 e. The van der Waals surface area contributed by atoms with Crippen molar-refractivity contribution >= 4 is 40.5 Å². The Morgan fingerprint density at radius 1 is 0.926 bits per heavy atom. The number of rotatable bonds is 5. The molecule has 0 saturated carbocycles. The zero-order valence-electron chi connectivity index (χ0n) is 13.7. The summed E-state index contributed by atoms with van der Waals surface area (Å²) in [7, 11) is 0. The van der Waals surface area contributed by atoms with Crippen LogP contribution in [0.4, 0.5) is 11.4 Å². The summed E-state index contributed by atoms with van der Waals surface area (Å²) >= 11 is 11.9. The average molecular weight is 403 g/mol. The average Bonchev–Trinajstić information content (AvgIpc) is 2.65. The van der Waals surface area contributed by atoms with Gasteiger partial charge in [-0.3, -0.25) is 14.9 Å². The molecule has 0 aliphatic carbocycles. The molecular formula is C19H12Cl2N2O4. The first-order valence-electron chi connectivity index (χ1n) is 7.72.